The van der Waals surface area contributed by atoms with Crippen LogP contribution in [0.4, 0.5) is 9.18 Å². The summed E-state index contributed by atoms with van der Waals surface area (Å²) in [6.07, 6.45) is -0.296. The quantitative estimate of drug-likeness (QED) is 0.580. The van der Waals surface area contributed by atoms with Crippen molar-refractivity contribution in [3.8, 4) is 5.69 Å². The zero-order chi connectivity index (χ0) is 19.9. The summed E-state index contributed by atoms with van der Waals surface area (Å²) in [6, 6.07) is 14.9. The van der Waals surface area contributed by atoms with Gasteiger partial charge in [0.25, 0.3) is 0 Å². The van der Waals surface area contributed by atoms with Gasteiger partial charge in [0.1, 0.15) is 24.6 Å². The molecule has 3 rings (SSSR count). The molecule has 0 aliphatic carbocycles. The summed E-state index contributed by atoms with van der Waals surface area (Å²) in [6.45, 7) is -0.0910. The monoisotopic (exact) mass is 385 g/mol. The molecule has 1 aromatic heterocycles. The molecule has 2 atom stereocenters. The summed E-state index contributed by atoms with van der Waals surface area (Å²) in [5, 5.41) is 26.9. The molecular formula is C20H20FN3O4. The van der Waals surface area contributed by atoms with E-state index in [0.717, 1.165) is 5.56 Å². The molecule has 3 N–H and O–H groups in total. The second-order valence-corrected chi connectivity index (χ2v) is 6.15. The summed E-state index contributed by atoms with van der Waals surface area (Å²) in [4.78, 5) is 11.7. The largest absolute Gasteiger partial charge is 0.445 e. The molecule has 28 heavy (non-hydrogen) atoms. The van der Waals surface area contributed by atoms with Crippen LogP contribution in [0, 0.1) is 5.82 Å². The number of benzene rings is 2. The fourth-order valence-corrected chi connectivity index (χ4v) is 2.52. The number of aromatic nitrogens is 2. The number of aliphatic hydroxyl groups excluding tert-OH is 2. The fourth-order valence-electron chi connectivity index (χ4n) is 2.52. The van der Waals surface area contributed by atoms with Crippen molar-refractivity contribution < 1.29 is 24.1 Å². The van der Waals surface area contributed by atoms with Crippen LogP contribution in [0.3, 0.4) is 0 Å². The number of aliphatic hydroxyl groups is 2. The van der Waals surface area contributed by atoms with E-state index in [1.165, 1.54) is 29.2 Å². The lowest BCUT2D eigenvalue weighted by Gasteiger charge is -2.17. The Morgan fingerprint density at radius 3 is 2.57 bits per heavy atom. The van der Waals surface area contributed by atoms with E-state index in [1.54, 1.807) is 12.1 Å². The maximum atomic E-state index is 13.0. The summed E-state index contributed by atoms with van der Waals surface area (Å²) in [5.74, 6) is -0.364. The van der Waals surface area contributed by atoms with Crippen molar-refractivity contribution in [3.63, 3.8) is 0 Å². The van der Waals surface area contributed by atoms with Gasteiger partial charge in [-0.05, 0) is 29.8 Å². The number of hydrogen-bond acceptors (Lipinski definition) is 5. The number of nitrogens with zero attached hydrogens (tertiary/aromatic N) is 2. The Morgan fingerprint density at radius 1 is 1.14 bits per heavy atom. The van der Waals surface area contributed by atoms with Crippen LogP contribution >= 0.6 is 0 Å². The van der Waals surface area contributed by atoms with Crippen molar-refractivity contribution in [2.45, 2.75) is 18.8 Å². The first kappa shape index (κ1) is 19.5. The van der Waals surface area contributed by atoms with Crippen LogP contribution in [0.1, 0.15) is 17.2 Å². The highest BCUT2D eigenvalue weighted by atomic mass is 19.1. The van der Waals surface area contributed by atoms with Crippen molar-refractivity contribution >= 4 is 6.09 Å². The van der Waals surface area contributed by atoms with Crippen molar-refractivity contribution in [2.75, 3.05) is 6.54 Å². The van der Waals surface area contributed by atoms with Gasteiger partial charge in [-0.2, -0.15) is 5.10 Å². The Kier molecular flexibility index (Phi) is 6.36. The van der Waals surface area contributed by atoms with Crippen LogP contribution in [-0.2, 0) is 11.3 Å². The minimum absolute atomic E-state index is 0.107. The van der Waals surface area contributed by atoms with Crippen LogP contribution in [-0.4, -0.2) is 38.7 Å². The normalized spacial score (nSPS) is 13.0. The minimum Gasteiger partial charge on any atom is -0.445 e. The molecule has 146 valence electrons. The van der Waals surface area contributed by atoms with E-state index in [4.69, 9.17) is 4.74 Å². The van der Waals surface area contributed by atoms with Gasteiger partial charge in [0, 0.05) is 18.3 Å². The van der Waals surface area contributed by atoms with Gasteiger partial charge >= 0.3 is 6.09 Å². The topological polar surface area (TPSA) is 96.6 Å². The summed E-state index contributed by atoms with van der Waals surface area (Å²) < 4.78 is 19.5. The van der Waals surface area contributed by atoms with E-state index < -0.39 is 18.3 Å². The fraction of sp³-hybridized carbons (Fsp3) is 0.200. The molecular weight excluding hydrogens is 365 g/mol. The highest BCUT2D eigenvalue weighted by Crippen LogP contribution is 2.18. The van der Waals surface area contributed by atoms with Gasteiger partial charge < -0.3 is 20.3 Å². The van der Waals surface area contributed by atoms with Gasteiger partial charge in [0.15, 0.2) is 0 Å². The number of carbonyl (C=O) groups excluding carboxylic acids is 1. The van der Waals surface area contributed by atoms with Gasteiger partial charge in [-0.25, -0.2) is 13.9 Å². The molecule has 0 spiro atoms. The Labute approximate surface area is 161 Å². The number of amides is 1. The van der Waals surface area contributed by atoms with Crippen LogP contribution in [0.2, 0.25) is 0 Å². The molecule has 0 radical (unpaired) electrons. The van der Waals surface area contributed by atoms with Crippen LogP contribution in [0.5, 0.6) is 0 Å². The lowest BCUT2D eigenvalue weighted by atomic mass is 10.1. The van der Waals surface area contributed by atoms with E-state index in [9.17, 15) is 19.4 Å². The van der Waals surface area contributed by atoms with Gasteiger partial charge in [-0.1, -0.05) is 30.3 Å². The average Bonchev–Trinajstić information content (AvgIpc) is 3.21. The lowest BCUT2D eigenvalue weighted by molar-refractivity contribution is 0.0184. The minimum atomic E-state index is -1.26. The van der Waals surface area contributed by atoms with E-state index in [2.05, 4.69) is 10.4 Å². The van der Waals surface area contributed by atoms with Crippen LogP contribution in [0.15, 0.2) is 67.0 Å². The van der Waals surface area contributed by atoms with Gasteiger partial charge in [-0.15, -0.1) is 0 Å². The van der Waals surface area contributed by atoms with Crippen molar-refractivity contribution in [2.24, 2.45) is 0 Å². The predicted molar refractivity (Wildman–Crippen MR) is 99.1 cm³/mol. The summed E-state index contributed by atoms with van der Waals surface area (Å²) in [5.41, 5.74) is 1.81. The maximum absolute atomic E-state index is 13.0. The molecule has 0 bridgehead atoms. The van der Waals surface area contributed by atoms with E-state index >= 15 is 0 Å². The molecule has 0 fully saturated rings. The number of hydrogen-bond donors (Lipinski definition) is 3. The molecule has 0 saturated heterocycles. The number of rotatable bonds is 7. The zero-order valence-electron chi connectivity index (χ0n) is 14.9. The first-order valence-electron chi connectivity index (χ1n) is 8.64. The lowest BCUT2D eigenvalue weighted by Crippen LogP contribution is -2.35. The molecule has 1 heterocycles. The predicted octanol–water partition coefficient (Wildman–Crippen LogP) is 2.33. The average molecular weight is 385 g/mol. The smallest absolute Gasteiger partial charge is 0.407 e. The second-order valence-electron chi connectivity index (χ2n) is 6.15. The number of ether oxygens (including phenoxy) is 1. The first-order valence-corrected chi connectivity index (χ1v) is 8.64. The van der Waals surface area contributed by atoms with E-state index in [-0.39, 0.29) is 19.0 Å². The molecule has 2 aromatic carbocycles. The number of halogens is 1. The van der Waals surface area contributed by atoms with Crippen molar-refractivity contribution in [1.82, 2.24) is 15.1 Å². The van der Waals surface area contributed by atoms with Gasteiger partial charge in [0.2, 0.25) is 0 Å². The molecule has 0 saturated carbocycles. The third kappa shape index (κ3) is 5.15. The number of nitrogens with one attached hydrogen (secondary N) is 1. The van der Waals surface area contributed by atoms with Crippen molar-refractivity contribution in [3.05, 3.63) is 83.9 Å². The third-order valence-electron chi connectivity index (χ3n) is 4.07. The molecule has 0 aliphatic heterocycles. The SMILES string of the molecule is O=C(NCC(O)C(O)c1cnn(-c2ccc(F)cc2)c1)OCc1ccccc1. The van der Waals surface area contributed by atoms with Gasteiger partial charge in [0.05, 0.1) is 11.9 Å². The van der Waals surface area contributed by atoms with E-state index in [1.807, 2.05) is 30.3 Å². The van der Waals surface area contributed by atoms with Crippen LogP contribution in [0.25, 0.3) is 5.69 Å². The molecule has 1 amide bonds. The molecule has 7 nitrogen and oxygen atoms in total. The highest BCUT2D eigenvalue weighted by molar-refractivity contribution is 5.67. The maximum Gasteiger partial charge on any atom is 0.407 e. The summed E-state index contributed by atoms with van der Waals surface area (Å²) >= 11 is 0. The Balaban J connectivity index is 1.49. The molecule has 8 heteroatoms. The number of alkyl carbamates (subject to hydrolysis) is 1. The van der Waals surface area contributed by atoms with Crippen molar-refractivity contribution in [1.29, 1.82) is 0 Å². The molecule has 0 aliphatic rings. The molecule has 2 unspecified atom stereocenters. The standard InChI is InChI=1S/C20H20FN3O4/c21-16-6-8-17(9-7-16)24-12-15(10-23-24)19(26)18(25)11-22-20(27)28-13-14-4-2-1-3-5-14/h1-10,12,18-19,25-26H,11,13H2,(H,22,27). The summed E-state index contributed by atoms with van der Waals surface area (Å²) in [7, 11) is 0. The van der Waals surface area contributed by atoms with Crippen LogP contribution < -0.4 is 5.32 Å². The zero-order valence-corrected chi connectivity index (χ0v) is 14.9. The first-order chi connectivity index (χ1) is 13.5. The Hall–Kier alpha value is -3.23. The van der Waals surface area contributed by atoms with Gasteiger partial charge in [-0.3, -0.25) is 0 Å². The highest BCUT2D eigenvalue weighted by Gasteiger charge is 2.21. The third-order valence-corrected chi connectivity index (χ3v) is 4.07. The Morgan fingerprint density at radius 2 is 1.86 bits per heavy atom. The van der Waals surface area contributed by atoms with E-state index in [0.29, 0.717) is 11.3 Å². The second kappa shape index (κ2) is 9.12. The number of carbonyl (C=O) groups is 1. The molecule has 3 aromatic rings. The Bertz CT molecular complexity index is 899.